The Morgan fingerprint density at radius 3 is 2.52 bits per heavy atom. The number of nitrogens with zero attached hydrogens (tertiary/aromatic N) is 3. The second-order valence-corrected chi connectivity index (χ2v) is 10.5. The highest BCUT2D eigenvalue weighted by Gasteiger charge is 2.55. The van der Waals surface area contributed by atoms with Crippen molar-refractivity contribution in [2.75, 3.05) is 0 Å². The summed E-state index contributed by atoms with van der Waals surface area (Å²) >= 11 is 0. The number of aromatic nitrogens is 3. The SMILES string of the molecule is Cc1cc(-c2c(C(=O)NC3[C@@H]4CC5C[C@H]3CC(O)(C5)C4)cnn2C(C)(C)C)no1. The summed E-state index contributed by atoms with van der Waals surface area (Å²) < 4.78 is 7.12. The molecule has 1 amide bonds. The van der Waals surface area contributed by atoms with Crippen molar-refractivity contribution in [2.45, 2.75) is 77.0 Å². The van der Waals surface area contributed by atoms with Crippen LogP contribution in [0.3, 0.4) is 0 Å². The molecule has 0 aromatic carbocycles. The van der Waals surface area contributed by atoms with Gasteiger partial charge in [-0.3, -0.25) is 9.48 Å². The largest absolute Gasteiger partial charge is 0.390 e. The van der Waals surface area contributed by atoms with Gasteiger partial charge >= 0.3 is 0 Å². The Morgan fingerprint density at radius 1 is 1.28 bits per heavy atom. The number of carbonyl (C=O) groups is 1. The van der Waals surface area contributed by atoms with E-state index in [1.54, 1.807) is 6.20 Å². The maximum atomic E-state index is 13.4. The molecule has 3 unspecified atom stereocenters. The second kappa shape index (κ2) is 6.17. The van der Waals surface area contributed by atoms with Gasteiger partial charge in [0, 0.05) is 12.1 Å². The monoisotopic (exact) mass is 398 g/mol. The highest BCUT2D eigenvalue weighted by Crippen LogP contribution is 2.55. The van der Waals surface area contributed by atoms with Gasteiger partial charge in [-0.1, -0.05) is 5.16 Å². The topological polar surface area (TPSA) is 93.2 Å². The number of carbonyl (C=O) groups excluding carboxylic acids is 1. The van der Waals surface area contributed by atoms with Gasteiger partial charge in [0.1, 0.15) is 17.1 Å². The Hall–Kier alpha value is -2.15. The average Bonchev–Trinajstić information content (AvgIpc) is 3.22. The highest BCUT2D eigenvalue weighted by molar-refractivity contribution is 5.99. The standard InChI is InChI=1S/C22H30N4O3/c1-12-5-17(25-29-12)19-16(11-23-26(19)21(2,3)4)20(27)24-18-14-6-13-7-15(18)10-22(28,8-13)9-14/h5,11,13-15,18,28H,6-10H2,1-4H3,(H,24,27)/t13?,14-,15+,18?,22?. The van der Waals surface area contributed by atoms with E-state index in [-0.39, 0.29) is 17.5 Å². The fourth-order valence-electron chi connectivity index (χ4n) is 6.19. The zero-order valence-corrected chi connectivity index (χ0v) is 17.6. The number of nitrogens with one attached hydrogen (secondary N) is 1. The minimum Gasteiger partial charge on any atom is -0.390 e. The van der Waals surface area contributed by atoms with Crippen LogP contribution in [0.25, 0.3) is 11.4 Å². The lowest BCUT2D eigenvalue weighted by Crippen LogP contribution is -2.61. The number of hydrogen-bond acceptors (Lipinski definition) is 5. The Morgan fingerprint density at radius 2 is 1.97 bits per heavy atom. The molecular formula is C22H30N4O3. The van der Waals surface area contributed by atoms with Crippen molar-refractivity contribution < 1.29 is 14.4 Å². The molecule has 0 saturated heterocycles. The van der Waals surface area contributed by atoms with Crippen molar-refractivity contribution in [1.82, 2.24) is 20.3 Å². The quantitative estimate of drug-likeness (QED) is 0.828. The van der Waals surface area contributed by atoms with Crippen molar-refractivity contribution in [3.63, 3.8) is 0 Å². The molecule has 0 radical (unpaired) electrons. The normalized spacial score (nSPS) is 33.3. The Kier molecular flexibility index (Phi) is 4.01. The van der Waals surface area contributed by atoms with Gasteiger partial charge in [0.2, 0.25) is 0 Å². The van der Waals surface area contributed by atoms with E-state index in [2.05, 4.69) is 36.3 Å². The van der Waals surface area contributed by atoms with Gasteiger partial charge in [-0.15, -0.1) is 0 Å². The smallest absolute Gasteiger partial charge is 0.255 e. The third-order valence-electron chi connectivity index (χ3n) is 7.06. The molecule has 4 aliphatic rings. The van der Waals surface area contributed by atoms with E-state index in [0.29, 0.717) is 40.5 Å². The van der Waals surface area contributed by atoms with Crippen molar-refractivity contribution in [2.24, 2.45) is 17.8 Å². The molecular weight excluding hydrogens is 368 g/mol. The fraction of sp³-hybridized carbons (Fsp3) is 0.682. The minimum absolute atomic E-state index is 0.111. The average molecular weight is 399 g/mol. The van der Waals surface area contributed by atoms with Crippen LogP contribution < -0.4 is 5.32 Å². The molecule has 29 heavy (non-hydrogen) atoms. The molecule has 4 saturated carbocycles. The van der Waals surface area contributed by atoms with Crippen molar-refractivity contribution in [3.05, 3.63) is 23.6 Å². The lowest BCUT2D eigenvalue weighted by atomic mass is 9.52. The summed E-state index contributed by atoms with van der Waals surface area (Å²) in [5.41, 5.74) is 1.04. The Bertz CT molecular complexity index is 938. The van der Waals surface area contributed by atoms with Crippen LogP contribution in [0.4, 0.5) is 0 Å². The molecule has 7 nitrogen and oxygen atoms in total. The lowest BCUT2D eigenvalue weighted by molar-refractivity contribution is -0.136. The number of hydrogen-bond donors (Lipinski definition) is 2. The van der Waals surface area contributed by atoms with Crippen LogP contribution in [0, 0.1) is 24.7 Å². The van der Waals surface area contributed by atoms with Gasteiger partial charge in [0.25, 0.3) is 5.91 Å². The first-order valence-electron chi connectivity index (χ1n) is 10.7. The van der Waals surface area contributed by atoms with E-state index >= 15 is 0 Å². The summed E-state index contributed by atoms with van der Waals surface area (Å²) in [7, 11) is 0. The van der Waals surface area contributed by atoms with Gasteiger partial charge in [0.15, 0.2) is 0 Å². The predicted molar refractivity (Wildman–Crippen MR) is 107 cm³/mol. The summed E-state index contributed by atoms with van der Waals surface area (Å²) in [5, 5.41) is 22.8. The molecule has 2 heterocycles. The maximum Gasteiger partial charge on any atom is 0.255 e. The van der Waals surface area contributed by atoms with Gasteiger partial charge in [-0.05, 0) is 77.6 Å². The Balaban J connectivity index is 1.46. The third-order valence-corrected chi connectivity index (χ3v) is 7.06. The summed E-state index contributed by atoms with van der Waals surface area (Å²) in [6, 6.07) is 1.97. The molecule has 6 rings (SSSR count). The molecule has 0 spiro atoms. The number of aryl methyl sites for hydroxylation is 1. The second-order valence-electron chi connectivity index (χ2n) is 10.5. The summed E-state index contributed by atoms with van der Waals surface area (Å²) in [6.07, 6.45) is 6.42. The third kappa shape index (κ3) is 3.10. The first kappa shape index (κ1) is 18.9. The van der Waals surface area contributed by atoms with E-state index in [0.717, 1.165) is 32.1 Å². The highest BCUT2D eigenvalue weighted by atomic mass is 16.5. The number of aliphatic hydroxyl groups is 1. The Labute approximate surface area is 170 Å². The van der Waals surface area contributed by atoms with Crippen LogP contribution in [0.2, 0.25) is 0 Å². The predicted octanol–water partition coefficient (Wildman–Crippen LogP) is 3.27. The number of amides is 1. The lowest BCUT2D eigenvalue weighted by Gasteiger charge is -2.58. The zero-order chi connectivity index (χ0) is 20.6. The molecule has 4 fully saturated rings. The van der Waals surface area contributed by atoms with Crippen LogP contribution in [-0.4, -0.2) is 37.6 Å². The first-order valence-corrected chi connectivity index (χ1v) is 10.7. The van der Waals surface area contributed by atoms with E-state index < -0.39 is 5.60 Å². The van der Waals surface area contributed by atoms with Crippen molar-refractivity contribution >= 4 is 5.91 Å². The van der Waals surface area contributed by atoms with Gasteiger partial charge in [-0.25, -0.2) is 0 Å². The minimum atomic E-state index is -0.502. The maximum absolute atomic E-state index is 13.4. The van der Waals surface area contributed by atoms with E-state index in [9.17, 15) is 9.90 Å². The van der Waals surface area contributed by atoms with Gasteiger partial charge in [0.05, 0.1) is 22.9 Å². The molecule has 4 aliphatic carbocycles. The fourth-order valence-corrected chi connectivity index (χ4v) is 6.19. The molecule has 0 aliphatic heterocycles. The first-order chi connectivity index (χ1) is 13.6. The van der Waals surface area contributed by atoms with Crippen LogP contribution in [0.1, 0.15) is 69.0 Å². The van der Waals surface area contributed by atoms with Crippen LogP contribution in [0.15, 0.2) is 16.8 Å². The molecule has 2 N–H and O–H groups in total. The van der Waals surface area contributed by atoms with E-state index in [1.807, 2.05) is 17.7 Å². The molecule has 7 heteroatoms. The van der Waals surface area contributed by atoms with Crippen molar-refractivity contribution in [3.8, 4) is 11.4 Å². The van der Waals surface area contributed by atoms with Crippen LogP contribution >= 0.6 is 0 Å². The zero-order valence-electron chi connectivity index (χ0n) is 17.6. The van der Waals surface area contributed by atoms with E-state index in [4.69, 9.17) is 4.52 Å². The molecule has 2 aromatic rings. The summed E-state index contributed by atoms with van der Waals surface area (Å²) in [5.74, 6) is 1.93. The van der Waals surface area contributed by atoms with Gasteiger partial charge in [-0.2, -0.15) is 5.10 Å². The molecule has 4 bridgehead atoms. The number of rotatable bonds is 3. The summed E-state index contributed by atoms with van der Waals surface area (Å²) in [6.45, 7) is 8.00. The van der Waals surface area contributed by atoms with Crippen LogP contribution in [-0.2, 0) is 5.54 Å². The molecule has 156 valence electrons. The van der Waals surface area contributed by atoms with Gasteiger partial charge < -0.3 is 14.9 Å². The molecule has 5 atom stereocenters. The molecule has 2 aromatic heterocycles. The van der Waals surface area contributed by atoms with E-state index in [1.165, 1.54) is 0 Å². The van der Waals surface area contributed by atoms with Crippen molar-refractivity contribution in [1.29, 1.82) is 0 Å². The van der Waals surface area contributed by atoms with Crippen LogP contribution in [0.5, 0.6) is 0 Å². The summed E-state index contributed by atoms with van der Waals surface area (Å²) in [4.78, 5) is 13.4.